The van der Waals surface area contributed by atoms with Crippen LogP contribution in [0.3, 0.4) is 0 Å². The second-order valence-corrected chi connectivity index (χ2v) is 6.44. The van der Waals surface area contributed by atoms with Gasteiger partial charge in [0.1, 0.15) is 0 Å². The maximum Gasteiger partial charge on any atom is 0.234 e. The molecule has 0 aliphatic carbocycles. The number of anilines is 1. The van der Waals surface area contributed by atoms with Crippen molar-refractivity contribution in [2.24, 2.45) is 0 Å². The quantitative estimate of drug-likeness (QED) is 0.839. The van der Waals surface area contributed by atoms with Crippen LogP contribution >= 0.6 is 23.4 Å². The lowest BCUT2D eigenvalue weighted by Crippen LogP contribution is -2.14. The second kappa shape index (κ2) is 7.62. The summed E-state index contributed by atoms with van der Waals surface area (Å²) in [4.78, 5) is 13.2. The SMILES string of the molecule is O=C(CSc1ccccc1)Nc1cc2c(cc1Cl)OCCCO2. The lowest BCUT2D eigenvalue weighted by atomic mass is 10.2. The number of thioether (sulfide) groups is 1. The van der Waals surface area contributed by atoms with Crippen LogP contribution in [0.4, 0.5) is 5.69 Å². The van der Waals surface area contributed by atoms with Crippen LogP contribution < -0.4 is 14.8 Å². The molecule has 0 fully saturated rings. The Hall–Kier alpha value is -1.85. The molecule has 1 heterocycles. The number of amides is 1. The summed E-state index contributed by atoms with van der Waals surface area (Å²) in [6.07, 6.45) is 0.821. The Morgan fingerprint density at radius 3 is 2.57 bits per heavy atom. The van der Waals surface area contributed by atoms with Crippen molar-refractivity contribution in [1.29, 1.82) is 0 Å². The minimum atomic E-state index is -0.116. The van der Waals surface area contributed by atoms with Gasteiger partial charge in [0, 0.05) is 23.4 Å². The summed E-state index contributed by atoms with van der Waals surface area (Å²) in [6, 6.07) is 13.2. The fourth-order valence-electron chi connectivity index (χ4n) is 2.13. The first-order valence-corrected chi connectivity index (χ1v) is 8.65. The average molecular weight is 350 g/mol. The summed E-state index contributed by atoms with van der Waals surface area (Å²) in [6.45, 7) is 1.19. The van der Waals surface area contributed by atoms with Crippen LogP contribution in [-0.2, 0) is 4.79 Å². The number of halogens is 1. The van der Waals surface area contributed by atoms with E-state index in [1.54, 1.807) is 12.1 Å². The number of hydrogen-bond acceptors (Lipinski definition) is 4. The summed E-state index contributed by atoms with van der Waals surface area (Å²) in [5, 5.41) is 3.26. The topological polar surface area (TPSA) is 47.6 Å². The highest BCUT2D eigenvalue weighted by Crippen LogP contribution is 2.37. The highest BCUT2D eigenvalue weighted by molar-refractivity contribution is 8.00. The normalized spacial score (nSPS) is 13.3. The largest absolute Gasteiger partial charge is 0.490 e. The molecular weight excluding hydrogens is 334 g/mol. The number of rotatable bonds is 4. The first kappa shape index (κ1) is 16.0. The van der Waals surface area contributed by atoms with E-state index in [0.717, 1.165) is 11.3 Å². The van der Waals surface area contributed by atoms with Crippen LogP contribution in [0.25, 0.3) is 0 Å². The summed E-state index contributed by atoms with van der Waals surface area (Å²) in [5.74, 6) is 1.42. The van der Waals surface area contributed by atoms with Crippen molar-refractivity contribution >= 4 is 35.0 Å². The van der Waals surface area contributed by atoms with Crippen molar-refractivity contribution in [3.8, 4) is 11.5 Å². The van der Waals surface area contributed by atoms with Crippen molar-refractivity contribution in [1.82, 2.24) is 0 Å². The predicted octanol–water partition coefficient (Wildman–Crippen LogP) is 4.23. The molecule has 1 N–H and O–H groups in total. The number of carbonyl (C=O) groups excluding carboxylic acids is 1. The van der Waals surface area contributed by atoms with Gasteiger partial charge < -0.3 is 14.8 Å². The van der Waals surface area contributed by atoms with Crippen molar-refractivity contribution in [3.63, 3.8) is 0 Å². The van der Waals surface area contributed by atoms with Gasteiger partial charge in [-0.2, -0.15) is 0 Å². The van der Waals surface area contributed by atoms with Gasteiger partial charge in [-0.05, 0) is 12.1 Å². The molecule has 0 radical (unpaired) electrons. The second-order valence-electron chi connectivity index (χ2n) is 4.98. The number of nitrogens with one attached hydrogen (secondary N) is 1. The summed E-state index contributed by atoms with van der Waals surface area (Å²) in [5.41, 5.74) is 0.537. The zero-order valence-electron chi connectivity index (χ0n) is 12.4. The molecule has 4 nitrogen and oxygen atoms in total. The maximum absolute atomic E-state index is 12.1. The van der Waals surface area contributed by atoms with Crippen LogP contribution in [0.5, 0.6) is 11.5 Å². The Balaban J connectivity index is 1.65. The molecule has 1 amide bonds. The minimum Gasteiger partial charge on any atom is -0.490 e. The molecule has 3 rings (SSSR count). The molecule has 0 unspecified atom stereocenters. The van der Waals surface area contributed by atoms with E-state index in [0.29, 0.717) is 41.2 Å². The smallest absolute Gasteiger partial charge is 0.234 e. The summed E-state index contributed by atoms with van der Waals surface area (Å²) in [7, 11) is 0. The van der Waals surface area contributed by atoms with Gasteiger partial charge in [0.05, 0.1) is 29.7 Å². The van der Waals surface area contributed by atoms with E-state index in [2.05, 4.69) is 5.32 Å². The Bertz CT molecular complexity index is 694. The van der Waals surface area contributed by atoms with Gasteiger partial charge in [0.2, 0.25) is 5.91 Å². The third-order valence-electron chi connectivity index (χ3n) is 3.22. The van der Waals surface area contributed by atoms with Gasteiger partial charge in [-0.3, -0.25) is 4.79 Å². The fourth-order valence-corrected chi connectivity index (χ4v) is 3.05. The zero-order chi connectivity index (χ0) is 16.1. The van der Waals surface area contributed by atoms with E-state index in [4.69, 9.17) is 21.1 Å². The van der Waals surface area contributed by atoms with E-state index in [9.17, 15) is 4.79 Å². The van der Waals surface area contributed by atoms with E-state index < -0.39 is 0 Å². The van der Waals surface area contributed by atoms with Crippen LogP contribution in [0.15, 0.2) is 47.4 Å². The molecule has 1 aliphatic heterocycles. The Kier molecular flexibility index (Phi) is 5.31. The molecule has 120 valence electrons. The van der Waals surface area contributed by atoms with E-state index in [-0.39, 0.29) is 5.91 Å². The van der Waals surface area contributed by atoms with Crippen molar-refractivity contribution < 1.29 is 14.3 Å². The maximum atomic E-state index is 12.1. The molecule has 23 heavy (non-hydrogen) atoms. The number of benzene rings is 2. The lowest BCUT2D eigenvalue weighted by molar-refractivity contribution is -0.113. The van der Waals surface area contributed by atoms with Gasteiger partial charge in [-0.25, -0.2) is 0 Å². The third kappa shape index (κ3) is 4.33. The van der Waals surface area contributed by atoms with E-state index >= 15 is 0 Å². The molecular formula is C17H16ClNO3S. The van der Waals surface area contributed by atoms with Gasteiger partial charge in [0.15, 0.2) is 11.5 Å². The number of ether oxygens (including phenoxy) is 2. The number of carbonyl (C=O) groups is 1. The molecule has 0 aromatic heterocycles. The van der Waals surface area contributed by atoms with Gasteiger partial charge in [0.25, 0.3) is 0 Å². The standard InChI is InChI=1S/C17H16ClNO3S/c18-13-9-15-16(22-8-4-7-21-15)10-14(13)19-17(20)11-23-12-5-2-1-3-6-12/h1-3,5-6,9-10H,4,7-8,11H2,(H,19,20). The zero-order valence-corrected chi connectivity index (χ0v) is 14.0. The fraction of sp³-hybridized carbons (Fsp3) is 0.235. The molecule has 0 saturated heterocycles. The van der Waals surface area contributed by atoms with E-state index in [1.807, 2.05) is 30.3 Å². The minimum absolute atomic E-state index is 0.116. The number of hydrogen-bond donors (Lipinski definition) is 1. The Morgan fingerprint density at radius 1 is 1.13 bits per heavy atom. The predicted molar refractivity (Wildman–Crippen MR) is 92.9 cm³/mol. The van der Waals surface area contributed by atoms with Gasteiger partial charge >= 0.3 is 0 Å². The van der Waals surface area contributed by atoms with Gasteiger partial charge in [-0.1, -0.05) is 29.8 Å². The van der Waals surface area contributed by atoms with Crippen LogP contribution in [-0.4, -0.2) is 24.9 Å². The first-order chi connectivity index (χ1) is 11.2. The van der Waals surface area contributed by atoms with Crippen molar-refractivity contribution in [3.05, 3.63) is 47.5 Å². The van der Waals surface area contributed by atoms with Crippen LogP contribution in [0.2, 0.25) is 5.02 Å². The van der Waals surface area contributed by atoms with E-state index in [1.165, 1.54) is 11.8 Å². The molecule has 0 atom stereocenters. The Labute approximate surface area is 144 Å². The molecule has 0 spiro atoms. The van der Waals surface area contributed by atoms with Crippen molar-refractivity contribution in [2.45, 2.75) is 11.3 Å². The van der Waals surface area contributed by atoms with Crippen LogP contribution in [0.1, 0.15) is 6.42 Å². The Morgan fingerprint density at radius 2 is 1.83 bits per heavy atom. The molecule has 0 bridgehead atoms. The number of fused-ring (bicyclic) bond motifs is 1. The monoisotopic (exact) mass is 349 g/mol. The van der Waals surface area contributed by atoms with Crippen molar-refractivity contribution in [2.75, 3.05) is 24.3 Å². The highest BCUT2D eigenvalue weighted by atomic mass is 35.5. The summed E-state index contributed by atoms with van der Waals surface area (Å²) >= 11 is 7.69. The molecule has 2 aromatic carbocycles. The summed E-state index contributed by atoms with van der Waals surface area (Å²) < 4.78 is 11.2. The average Bonchev–Trinajstić information content (AvgIpc) is 2.79. The first-order valence-electron chi connectivity index (χ1n) is 7.29. The van der Waals surface area contributed by atoms with Gasteiger partial charge in [-0.15, -0.1) is 11.8 Å². The molecule has 1 aliphatic rings. The molecule has 2 aromatic rings. The highest BCUT2D eigenvalue weighted by Gasteiger charge is 2.15. The van der Waals surface area contributed by atoms with Crippen LogP contribution in [0, 0.1) is 0 Å². The molecule has 6 heteroatoms. The molecule has 0 saturated carbocycles. The lowest BCUT2D eigenvalue weighted by Gasteiger charge is -2.12. The third-order valence-corrected chi connectivity index (χ3v) is 4.55.